The summed E-state index contributed by atoms with van der Waals surface area (Å²) in [7, 11) is 0. The molecule has 0 atom stereocenters. The normalized spacial score (nSPS) is 13.4. The Morgan fingerprint density at radius 3 is 2.27 bits per heavy atom. The zero-order valence-corrected chi connectivity index (χ0v) is 30.8. The number of carbonyl (C=O) groups is 1. The fourth-order valence-electron chi connectivity index (χ4n) is 7.30. The molecule has 4 aromatic carbocycles. The van der Waals surface area contributed by atoms with E-state index in [1.165, 1.54) is 46.7 Å². The van der Waals surface area contributed by atoms with E-state index < -0.39 is 0 Å². The molecule has 0 radical (unpaired) electrons. The van der Waals surface area contributed by atoms with E-state index in [0.29, 0.717) is 12.2 Å². The lowest BCUT2D eigenvalue weighted by Crippen LogP contribution is -2.15. The first kappa shape index (κ1) is 34.9. The van der Waals surface area contributed by atoms with Crippen LogP contribution in [0.15, 0.2) is 84.9 Å². The summed E-state index contributed by atoms with van der Waals surface area (Å²) in [4.78, 5) is 23.7. The molecular weight excluding hydrogens is 629 g/mol. The van der Waals surface area contributed by atoms with Gasteiger partial charge in [0, 0.05) is 24.9 Å². The van der Waals surface area contributed by atoms with Crippen molar-refractivity contribution in [2.24, 2.45) is 11.3 Å². The first-order chi connectivity index (χ1) is 24.8. The second kappa shape index (κ2) is 15.4. The van der Waals surface area contributed by atoms with Crippen molar-refractivity contribution in [1.29, 1.82) is 0 Å². The molecular formula is C45H52N4O2. The predicted octanol–water partition coefficient (Wildman–Crippen LogP) is 9.89. The van der Waals surface area contributed by atoms with Crippen molar-refractivity contribution in [3.63, 3.8) is 0 Å². The maximum atomic E-state index is 13.4. The minimum Gasteiger partial charge on any atom is -0.461 e. The van der Waals surface area contributed by atoms with Gasteiger partial charge in [0.1, 0.15) is 17.9 Å². The average molecular weight is 681 g/mol. The zero-order valence-electron chi connectivity index (χ0n) is 30.8. The summed E-state index contributed by atoms with van der Waals surface area (Å²) in [5, 5.41) is 7.32. The summed E-state index contributed by atoms with van der Waals surface area (Å²) >= 11 is 0. The number of hydrogen-bond acceptors (Lipinski definition) is 5. The monoisotopic (exact) mass is 680 g/mol. The lowest BCUT2D eigenvalue weighted by atomic mass is 9.88. The SMILES string of the molecule is CCCCc1nc2c(CC(=O)OCc3ccc(CC(C)(C)C)cc3)nc3ccccc3c2n1Cc1ccc(CNCCC2CC2)c2ccccc12. The average Bonchev–Trinajstić information content (AvgIpc) is 3.88. The minimum atomic E-state index is -0.296. The van der Waals surface area contributed by atoms with Crippen molar-refractivity contribution >= 4 is 38.7 Å². The molecule has 7 rings (SSSR count). The highest BCUT2D eigenvalue weighted by atomic mass is 16.5. The van der Waals surface area contributed by atoms with Crippen molar-refractivity contribution in [2.45, 2.75) is 98.8 Å². The van der Waals surface area contributed by atoms with Gasteiger partial charge in [0.05, 0.1) is 23.1 Å². The molecule has 0 amide bonds. The number of benzene rings is 4. The van der Waals surface area contributed by atoms with Gasteiger partial charge in [0.2, 0.25) is 0 Å². The van der Waals surface area contributed by atoms with Crippen LogP contribution < -0.4 is 5.32 Å². The summed E-state index contributed by atoms with van der Waals surface area (Å²) in [5.74, 6) is 1.67. The van der Waals surface area contributed by atoms with Crippen LogP contribution in [0.2, 0.25) is 0 Å². The van der Waals surface area contributed by atoms with Crippen LogP contribution in [0, 0.1) is 11.3 Å². The molecule has 6 aromatic rings. The van der Waals surface area contributed by atoms with Crippen LogP contribution in [0.25, 0.3) is 32.7 Å². The third-order valence-corrected chi connectivity index (χ3v) is 10.1. The molecule has 1 saturated carbocycles. The number of hydrogen-bond donors (Lipinski definition) is 1. The Hall–Kier alpha value is -4.55. The topological polar surface area (TPSA) is 69.0 Å². The summed E-state index contributed by atoms with van der Waals surface area (Å²) in [6.45, 7) is 11.8. The summed E-state index contributed by atoms with van der Waals surface area (Å²) in [6.07, 6.45) is 8.10. The number of aryl methyl sites for hydroxylation is 1. The third-order valence-electron chi connectivity index (χ3n) is 10.1. The van der Waals surface area contributed by atoms with Crippen molar-refractivity contribution in [3.8, 4) is 0 Å². The van der Waals surface area contributed by atoms with Crippen LogP contribution in [-0.4, -0.2) is 27.0 Å². The number of nitrogens with one attached hydrogen (secondary N) is 1. The lowest BCUT2D eigenvalue weighted by Gasteiger charge is -2.18. The van der Waals surface area contributed by atoms with Gasteiger partial charge in [-0.1, -0.05) is 126 Å². The number of fused-ring (bicyclic) bond motifs is 4. The number of rotatable bonds is 15. The molecule has 2 heterocycles. The molecule has 0 bridgehead atoms. The lowest BCUT2D eigenvalue weighted by molar-refractivity contribution is -0.144. The number of carbonyl (C=O) groups excluding carboxylic acids is 1. The van der Waals surface area contributed by atoms with E-state index in [-0.39, 0.29) is 24.4 Å². The fraction of sp³-hybridized carbons (Fsp3) is 0.400. The second-order valence-electron chi connectivity index (χ2n) is 15.7. The third kappa shape index (κ3) is 8.50. The minimum absolute atomic E-state index is 0.0685. The largest absolute Gasteiger partial charge is 0.461 e. The van der Waals surface area contributed by atoms with E-state index in [1.54, 1.807) is 0 Å². The highest BCUT2D eigenvalue weighted by Crippen LogP contribution is 2.33. The van der Waals surface area contributed by atoms with Crippen LogP contribution in [0.3, 0.4) is 0 Å². The van der Waals surface area contributed by atoms with Crippen molar-refractivity contribution in [2.75, 3.05) is 6.54 Å². The van der Waals surface area contributed by atoms with Crippen molar-refractivity contribution < 1.29 is 9.53 Å². The Kier molecular flexibility index (Phi) is 10.5. The van der Waals surface area contributed by atoms with E-state index in [1.807, 2.05) is 12.1 Å². The smallest absolute Gasteiger partial charge is 0.312 e. The maximum absolute atomic E-state index is 13.4. The van der Waals surface area contributed by atoms with Gasteiger partial charge in [0.15, 0.2) is 0 Å². The van der Waals surface area contributed by atoms with Gasteiger partial charge in [-0.3, -0.25) is 4.79 Å². The summed E-state index contributed by atoms with van der Waals surface area (Å²) < 4.78 is 8.21. The van der Waals surface area contributed by atoms with Gasteiger partial charge in [-0.05, 0) is 76.2 Å². The summed E-state index contributed by atoms with van der Waals surface area (Å²) in [5.41, 5.74) is 8.46. The van der Waals surface area contributed by atoms with Gasteiger partial charge < -0.3 is 14.6 Å². The van der Waals surface area contributed by atoms with E-state index in [4.69, 9.17) is 14.7 Å². The highest BCUT2D eigenvalue weighted by molar-refractivity contribution is 6.04. The molecule has 6 heteroatoms. The Morgan fingerprint density at radius 1 is 0.863 bits per heavy atom. The maximum Gasteiger partial charge on any atom is 0.312 e. The molecule has 1 fully saturated rings. The first-order valence-corrected chi connectivity index (χ1v) is 19.0. The number of ether oxygens (including phenoxy) is 1. The Bertz CT molecular complexity index is 2140. The first-order valence-electron chi connectivity index (χ1n) is 19.0. The number of aromatic nitrogens is 3. The van der Waals surface area contributed by atoms with Crippen molar-refractivity contribution in [3.05, 3.63) is 119 Å². The Morgan fingerprint density at radius 2 is 1.55 bits per heavy atom. The number of nitrogens with zero attached hydrogens (tertiary/aromatic N) is 3. The molecule has 0 unspecified atom stereocenters. The number of unbranched alkanes of at least 4 members (excludes halogenated alkanes) is 1. The molecule has 0 spiro atoms. The van der Waals surface area contributed by atoms with E-state index in [2.05, 4.69) is 110 Å². The Labute approximate surface area is 302 Å². The van der Waals surface area contributed by atoms with Gasteiger partial charge >= 0.3 is 5.97 Å². The van der Waals surface area contributed by atoms with Gasteiger partial charge in [0.25, 0.3) is 0 Å². The molecule has 51 heavy (non-hydrogen) atoms. The van der Waals surface area contributed by atoms with Crippen molar-refractivity contribution in [1.82, 2.24) is 19.9 Å². The Balaban J connectivity index is 1.19. The molecule has 0 saturated heterocycles. The second-order valence-corrected chi connectivity index (χ2v) is 15.7. The molecule has 1 N–H and O–H groups in total. The summed E-state index contributed by atoms with van der Waals surface area (Å²) in [6, 6.07) is 30.0. The van der Waals surface area contributed by atoms with E-state index in [9.17, 15) is 4.79 Å². The number of pyridine rings is 1. The van der Waals surface area contributed by atoms with Crippen LogP contribution in [-0.2, 0) is 48.5 Å². The standard InChI is InChI=1S/C45H52N4O2/c1-5-6-15-41-48-43-40(26-42(50)51-30-33-20-18-32(19-21-33)27-45(2,3)4)47-39-14-10-9-13-38(39)44(43)49(41)29-35-23-22-34(28-46-25-24-31-16-17-31)36-11-7-8-12-37(35)36/h7-14,18-23,31,46H,5-6,15-17,24-30H2,1-4H3. The quantitative estimate of drug-likeness (QED) is 0.0864. The van der Waals surface area contributed by atoms with Gasteiger partial charge in [-0.15, -0.1) is 0 Å². The van der Waals surface area contributed by atoms with E-state index in [0.717, 1.165) is 78.0 Å². The van der Waals surface area contributed by atoms with Crippen LogP contribution in [0.1, 0.15) is 93.6 Å². The molecule has 2 aromatic heterocycles. The molecule has 1 aliphatic rings. The van der Waals surface area contributed by atoms with Gasteiger partial charge in [-0.2, -0.15) is 0 Å². The van der Waals surface area contributed by atoms with Crippen LogP contribution >= 0.6 is 0 Å². The molecule has 1 aliphatic carbocycles. The molecule has 6 nitrogen and oxygen atoms in total. The highest BCUT2D eigenvalue weighted by Gasteiger charge is 2.22. The number of para-hydroxylation sites is 1. The number of imidazole rings is 1. The van der Waals surface area contributed by atoms with Gasteiger partial charge in [-0.25, -0.2) is 9.97 Å². The van der Waals surface area contributed by atoms with E-state index >= 15 is 0 Å². The molecule has 264 valence electrons. The number of esters is 1. The zero-order chi connectivity index (χ0) is 35.4. The molecule has 0 aliphatic heterocycles. The van der Waals surface area contributed by atoms with Crippen LogP contribution in [0.5, 0.6) is 0 Å². The predicted molar refractivity (Wildman–Crippen MR) is 209 cm³/mol. The van der Waals surface area contributed by atoms with Crippen LogP contribution in [0.4, 0.5) is 0 Å². The fourth-order valence-corrected chi connectivity index (χ4v) is 7.30.